The van der Waals surface area contributed by atoms with E-state index in [0.717, 1.165) is 29.8 Å². The molecule has 0 bridgehead atoms. The van der Waals surface area contributed by atoms with E-state index < -0.39 is 0 Å². The van der Waals surface area contributed by atoms with Crippen molar-refractivity contribution in [3.05, 3.63) is 29.8 Å². The van der Waals surface area contributed by atoms with E-state index in [2.05, 4.69) is 0 Å². The monoisotopic (exact) mass is 265 g/mol. The number of nitrogens with zero attached hydrogens (tertiary/aromatic N) is 1. The lowest BCUT2D eigenvalue weighted by molar-refractivity contribution is 0.0267. The van der Waals surface area contributed by atoms with Crippen LogP contribution < -0.4 is 0 Å². The summed E-state index contributed by atoms with van der Waals surface area (Å²) in [5.41, 5.74) is 0.807. The minimum Gasteiger partial charge on any atom is -0.380 e. The van der Waals surface area contributed by atoms with Crippen molar-refractivity contribution in [1.29, 1.82) is 0 Å². The van der Waals surface area contributed by atoms with Crippen LogP contribution in [0.5, 0.6) is 0 Å². The minimum atomic E-state index is 0.127. The van der Waals surface area contributed by atoms with E-state index in [1.54, 1.807) is 18.9 Å². The molecule has 0 radical (unpaired) electrons. The van der Waals surface area contributed by atoms with E-state index >= 15 is 0 Å². The Morgan fingerprint density at radius 1 is 1.44 bits per heavy atom. The number of benzene rings is 1. The number of carbonyl (C=O) groups is 1. The summed E-state index contributed by atoms with van der Waals surface area (Å²) in [6.07, 6.45) is 4.25. The molecule has 0 saturated carbocycles. The van der Waals surface area contributed by atoms with E-state index in [4.69, 9.17) is 4.74 Å². The number of rotatable bonds is 3. The van der Waals surface area contributed by atoms with Crippen LogP contribution in [0.2, 0.25) is 0 Å². The molecule has 1 amide bonds. The zero-order chi connectivity index (χ0) is 13.0. The maximum atomic E-state index is 12.5. The molecule has 1 aromatic carbocycles. The summed E-state index contributed by atoms with van der Waals surface area (Å²) in [6.45, 7) is 1.54. The highest BCUT2D eigenvalue weighted by molar-refractivity contribution is 7.98. The summed E-state index contributed by atoms with van der Waals surface area (Å²) in [4.78, 5) is 15.5. The normalized spacial score (nSPS) is 19.9. The zero-order valence-electron chi connectivity index (χ0n) is 10.9. The molecule has 0 aromatic heterocycles. The minimum absolute atomic E-state index is 0.127. The maximum Gasteiger partial charge on any atom is 0.255 e. The fourth-order valence-electron chi connectivity index (χ4n) is 2.31. The van der Waals surface area contributed by atoms with Gasteiger partial charge >= 0.3 is 0 Å². The van der Waals surface area contributed by atoms with Crippen molar-refractivity contribution >= 4 is 17.7 Å². The molecular formula is C14H19NO2S. The summed E-state index contributed by atoms with van der Waals surface area (Å²) in [7, 11) is 1.72. The first-order valence-electron chi connectivity index (χ1n) is 6.21. The molecule has 1 saturated heterocycles. The van der Waals surface area contributed by atoms with E-state index in [1.807, 2.05) is 35.4 Å². The lowest BCUT2D eigenvalue weighted by Gasteiger charge is -2.32. The first-order valence-corrected chi connectivity index (χ1v) is 7.44. The van der Waals surface area contributed by atoms with Gasteiger partial charge in [-0.15, -0.1) is 11.8 Å². The molecule has 1 aromatic rings. The van der Waals surface area contributed by atoms with E-state index in [9.17, 15) is 4.79 Å². The highest BCUT2D eigenvalue weighted by Crippen LogP contribution is 2.23. The van der Waals surface area contributed by atoms with Gasteiger partial charge in [0.05, 0.1) is 11.7 Å². The molecule has 1 unspecified atom stereocenters. The van der Waals surface area contributed by atoms with Gasteiger partial charge in [-0.1, -0.05) is 12.1 Å². The highest BCUT2D eigenvalue weighted by Gasteiger charge is 2.25. The van der Waals surface area contributed by atoms with Crippen molar-refractivity contribution in [2.24, 2.45) is 0 Å². The number of likely N-dealkylation sites (tertiary alicyclic amines) is 1. The first-order chi connectivity index (χ1) is 8.76. The van der Waals surface area contributed by atoms with Gasteiger partial charge in [0.1, 0.15) is 0 Å². The Bertz CT molecular complexity index is 422. The average Bonchev–Trinajstić information content (AvgIpc) is 2.46. The van der Waals surface area contributed by atoms with E-state index in [-0.39, 0.29) is 12.0 Å². The number of hydrogen-bond acceptors (Lipinski definition) is 3. The number of thioether (sulfide) groups is 1. The van der Waals surface area contributed by atoms with E-state index in [1.165, 1.54) is 0 Å². The predicted octanol–water partition coefficient (Wildman–Crippen LogP) is 2.66. The van der Waals surface area contributed by atoms with Crippen LogP contribution in [0.15, 0.2) is 29.2 Å². The second kappa shape index (κ2) is 6.25. The molecule has 98 valence electrons. The predicted molar refractivity (Wildman–Crippen MR) is 74.2 cm³/mol. The molecular weight excluding hydrogens is 246 g/mol. The van der Waals surface area contributed by atoms with E-state index in [0.29, 0.717) is 6.54 Å². The highest BCUT2D eigenvalue weighted by atomic mass is 32.2. The molecule has 4 heteroatoms. The third-order valence-corrected chi connectivity index (χ3v) is 4.13. The Hall–Kier alpha value is -1.00. The lowest BCUT2D eigenvalue weighted by atomic mass is 10.1. The summed E-state index contributed by atoms with van der Waals surface area (Å²) in [5.74, 6) is 0.127. The van der Waals surface area contributed by atoms with Gasteiger partial charge < -0.3 is 9.64 Å². The molecule has 1 aliphatic rings. The van der Waals surface area contributed by atoms with Crippen molar-refractivity contribution < 1.29 is 9.53 Å². The molecule has 0 N–H and O–H groups in total. The quantitative estimate of drug-likeness (QED) is 0.787. The van der Waals surface area contributed by atoms with Gasteiger partial charge in [0.15, 0.2) is 0 Å². The topological polar surface area (TPSA) is 29.5 Å². The maximum absolute atomic E-state index is 12.5. The van der Waals surface area contributed by atoms with Gasteiger partial charge in [0, 0.05) is 25.1 Å². The number of piperidine rings is 1. The number of ether oxygens (including phenoxy) is 1. The van der Waals surface area contributed by atoms with Crippen LogP contribution in [0, 0.1) is 0 Å². The van der Waals surface area contributed by atoms with Crippen LogP contribution in [0.1, 0.15) is 23.2 Å². The molecule has 0 spiro atoms. The Kier molecular flexibility index (Phi) is 4.66. The fraction of sp³-hybridized carbons (Fsp3) is 0.500. The van der Waals surface area contributed by atoms with Gasteiger partial charge in [-0.3, -0.25) is 4.79 Å². The Balaban J connectivity index is 2.15. The van der Waals surface area contributed by atoms with Crippen molar-refractivity contribution in [3.63, 3.8) is 0 Å². The summed E-state index contributed by atoms with van der Waals surface area (Å²) >= 11 is 1.62. The molecule has 1 fully saturated rings. The lowest BCUT2D eigenvalue weighted by Crippen LogP contribution is -2.43. The molecule has 2 rings (SSSR count). The largest absolute Gasteiger partial charge is 0.380 e. The number of carbonyl (C=O) groups excluding carboxylic acids is 1. The van der Waals surface area contributed by atoms with Crippen LogP contribution in [-0.2, 0) is 4.74 Å². The molecule has 3 nitrogen and oxygen atoms in total. The number of methoxy groups -OCH3 is 1. The summed E-state index contributed by atoms with van der Waals surface area (Å²) in [6, 6.07) is 7.79. The fourth-order valence-corrected chi connectivity index (χ4v) is 2.90. The Morgan fingerprint density at radius 3 is 2.94 bits per heavy atom. The molecule has 18 heavy (non-hydrogen) atoms. The standard InChI is InChI=1S/C14H19NO2S/c1-17-11-6-5-9-15(10-11)14(16)12-7-3-4-8-13(12)18-2/h3-4,7-8,11H,5-6,9-10H2,1-2H3. The molecule has 1 aliphatic heterocycles. The van der Waals surface area contributed by atoms with Crippen molar-refractivity contribution in [1.82, 2.24) is 4.90 Å². The van der Waals surface area contributed by atoms with Crippen molar-refractivity contribution in [3.8, 4) is 0 Å². The van der Waals surface area contributed by atoms with Gasteiger partial charge in [-0.25, -0.2) is 0 Å². The van der Waals surface area contributed by atoms with Crippen LogP contribution in [0.4, 0.5) is 0 Å². The SMILES string of the molecule is COC1CCCN(C(=O)c2ccccc2SC)C1. The van der Waals surface area contributed by atoms with Crippen molar-refractivity contribution in [2.75, 3.05) is 26.5 Å². The zero-order valence-corrected chi connectivity index (χ0v) is 11.7. The summed E-state index contributed by atoms with van der Waals surface area (Å²) < 4.78 is 5.36. The molecule has 0 aliphatic carbocycles. The van der Waals surface area contributed by atoms with Crippen LogP contribution in [0.25, 0.3) is 0 Å². The average molecular weight is 265 g/mol. The summed E-state index contributed by atoms with van der Waals surface area (Å²) in [5, 5.41) is 0. The van der Waals surface area contributed by atoms with Gasteiger partial charge in [0.25, 0.3) is 5.91 Å². The second-order valence-electron chi connectivity index (χ2n) is 4.45. The van der Waals surface area contributed by atoms with Gasteiger partial charge in [-0.2, -0.15) is 0 Å². The van der Waals surface area contributed by atoms with Crippen LogP contribution in [-0.4, -0.2) is 43.4 Å². The third-order valence-electron chi connectivity index (χ3n) is 3.34. The molecule has 1 atom stereocenters. The Morgan fingerprint density at radius 2 is 2.22 bits per heavy atom. The smallest absolute Gasteiger partial charge is 0.255 e. The number of amides is 1. The third kappa shape index (κ3) is 2.87. The molecule has 1 heterocycles. The van der Waals surface area contributed by atoms with Crippen LogP contribution >= 0.6 is 11.8 Å². The first kappa shape index (κ1) is 13.4. The van der Waals surface area contributed by atoms with Crippen LogP contribution in [0.3, 0.4) is 0 Å². The van der Waals surface area contributed by atoms with Gasteiger partial charge in [-0.05, 0) is 31.2 Å². The van der Waals surface area contributed by atoms with Gasteiger partial charge in [0.2, 0.25) is 0 Å². The number of hydrogen-bond donors (Lipinski definition) is 0. The second-order valence-corrected chi connectivity index (χ2v) is 5.30. The Labute approximate surface area is 113 Å². The van der Waals surface area contributed by atoms with Crippen molar-refractivity contribution in [2.45, 2.75) is 23.8 Å².